The van der Waals surface area contributed by atoms with Crippen LogP contribution in [-0.4, -0.2) is 40.2 Å². The van der Waals surface area contributed by atoms with Crippen molar-refractivity contribution in [2.45, 2.75) is 31.8 Å². The lowest BCUT2D eigenvalue weighted by molar-refractivity contribution is -0.235. The number of benzene rings is 2. The molecule has 4 rings (SSSR count). The highest BCUT2D eigenvalue weighted by atomic mass is 17.2. The average Bonchev–Trinajstić information content (AvgIpc) is 3.18. The molecule has 0 unspecified atom stereocenters. The highest BCUT2D eigenvalue weighted by molar-refractivity contribution is 5.85. The van der Waals surface area contributed by atoms with Crippen LogP contribution >= 0.6 is 0 Å². The monoisotopic (exact) mass is 428 g/mol. The zero-order valence-corrected chi connectivity index (χ0v) is 17.5. The minimum Gasteiger partial charge on any atom is -0.504 e. The van der Waals surface area contributed by atoms with Crippen LogP contribution in [0.3, 0.4) is 0 Å². The van der Waals surface area contributed by atoms with Crippen LogP contribution in [0.1, 0.15) is 18.2 Å². The Morgan fingerprint density at radius 3 is 2.61 bits per heavy atom. The number of rotatable bonds is 6. The maximum atomic E-state index is 12.5. The van der Waals surface area contributed by atoms with Gasteiger partial charge in [0.05, 0.1) is 6.10 Å². The molecule has 0 radical (unpaired) electrons. The minimum atomic E-state index is -0.606. The first-order valence-corrected chi connectivity index (χ1v) is 9.87. The Morgan fingerprint density at radius 1 is 1.19 bits per heavy atom. The van der Waals surface area contributed by atoms with Crippen LogP contribution < -0.4 is 16.1 Å². The normalized spacial score (nSPS) is 20.9. The number of aromatic hydroxyl groups is 1. The van der Waals surface area contributed by atoms with Gasteiger partial charge in [-0.15, -0.1) is 0 Å². The number of aromatic nitrogens is 2. The van der Waals surface area contributed by atoms with Gasteiger partial charge in [-0.3, -0.25) is 13.9 Å². The highest BCUT2D eigenvalue weighted by Crippen LogP contribution is 2.33. The third kappa shape index (κ3) is 4.07. The molecule has 3 atom stereocenters. The lowest BCUT2D eigenvalue weighted by atomic mass is 10.1. The Balaban J connectivity index is 1.45. The molecule has 9 nitrogen and oxygen atoms in total. The Bertz CT molecular complexity index is 1220. The number of methoxy groups -OCH3 is 1. The molecule has 1 aromatic heterocycles. The van der Waals surface area contributed by atoms with Crippen molar-refractivity contribution in [1.82, 2.24) is 9.13 Å². The summed E-state index contributed by atoms with van der Waals surface area (Å²) in [5, 5.41) is 11.9. The van der Waals surface area contributed by atoms with Gasteiger partial charge in [0.1, 0.15) is 18.9 Å². The molecule has 1 fully saturated rings. The summed E-state index contributed by atoms with van der Waals surface area (Å²) in [5.41, 5.74) is -0.366. The Hall–Kier alpha value is -3.14. The van der Waals surface area contributed by atoms with E-state index in [0.717, 1.165) is 15.3 Å². The van der Waals surface area contributed by atoms with Crippen molar-refractivity contribution in [2.24, 2.45) is 7.05 Å². The molecule has 31 heavy (non-hydrogen) atoms. The predicted molar refractivity (Wildman–Crippen MR) is 112 cm³/mol. The number of hydrogen-bond acceptors (Lipinski definition) is 7. The van der Waals surface area contributed by atoms with Gasteiger partial charge in [-0.05, 0) is 29.8 Å². The first-order valence-electron chi connectivity index (χ1n) is 9.87. The van der Waals surface area contributed by atoms with Crippen molar-refractivity contribution in [3.63, 3.8) is 0 Å². The number of nitrogens with zero attached hydrogens (tertiary/aromatic N) is 2. The van der Waals surface area contributed by atoms with Gasteiger partial charge in [0.25, 0.3) is 5.56 Å². The molecule has 0 saturated carbocycles. The van der Waals surface area contributed by atoms with E-state index >= 15 is 0 Å². The SMILES string of the molecule is CO[C@H]1C[C@H](n2cc(C)c(=O)n(C)c2=O)O[C@@H]1COOc1cc2ccccc2cc1O. The first kappa shape index (κ1) is 21.1. The van der Waals surface area contributed by atoms with Crippen molar-refractivity contribution in [1.29, 1.82) is 0 Å². The van der Waals surface area contributed by atoms with Gasteiger partial charge in [-0.25, -0.2) is 4.79 Å². The van der Waals surface area contributed by atoms with E-state index in [1.54, 1.807) is 26.2 Å². The van der Waals surface area contributed by atoms with Crippen LogP contribution in [0.5, 0.6) is 11.5 Å². The van der Waals surface area contributed by atoms with Crippen molar-refractivity contribution in [3.05, 3.63) is 69.0 Å². The minimum absolute atomic E-state index is 0.0147. The zero-order chi connectivity index (χ0) is 22.1. The van der Waals surface area contributed by atoms with Crippen molar-refractivity contribution < 1.29 is 24.4 Å². The highest BCUT2D eigenvalue weighted by Gasteiger charge is 2.37. The molecule has 1 N–H and O–H groups in total. The fourth-order valence-electron chi connectivity index (χ4n) is 3.76. The molecule has 0 aliphatic carbocycles. The Kier molecular flexibility index (Phi) is 5.81. The molecule has 2 aromatic carbocycles. The van der Waals surface area contributed by atoms with Crippen LogP contribution in [0.4, 0.5) is 0 Å². The van der Waals surface area contributed by atoms with E-state index in [0.29, 0.717) is 12.0 Å². The number of hydrogen-bond donors (Lipinski definition) is 1. The van der Waals surface area contributed by atoms with E-state index < -0.39 is 18.0 Å². The van der Waals surface area contributed by atoms with E-state index in [-0.39, 0.29) is 29.8 Å². The summed E-state index contributed by atoms with van der Waals surface area (Å²) in [7, 11) is 2.98. The standard InChI is InChI=1S/C22H24N2O7/c1-13-11-24(22(27)23(2)21(13)26)20-10-18(28-3)19(30-20)12-29-31-17-9-15-7-5-4-6-14(15)8-16(17)25/h4-9,11,18-20,25H,10,12H2,1-3H3/t18-,19+,20+/m0/s1. The largest absolute Gasteiger partial charge is 0.504 e. The van der Waals surface area contributed by atoms with Crippen LogP contribution in [-0.2, 0) is 21.4 Å². The molecule has 1 aliphatic heterocycles. The Labute approximate surface area is 177 Å². The van der Waals surface area contributed by atoms with Crippen molar-refractivity contribution >= 4 is 10.8 Å². The van der Waals surface area contributed by atoms with E-state index in [2.05, 4.69) is 0 Å². The van der Waals surface area contributed by atoms with Crippen LogP contribution in [0.25, 0.3) is 10.8 Å². The topological polar surface area (TPSA) is 101 Å². The number of aryl methyl sites for hydroxylation is 1. The number of phenolic OH excluding ortho intramolecular Hbond substituents is 1. The van der Waals surface area contributed by atoms with Gasteiger partial charge in [0, 0.05) is 32.3 Å². The third-order valence-electron chi connectivity index (χ3n) is 5.48. The zero-order valence-electron chi connectivity index (χ0n) is 17.5. The lowest BCUT2D eigenvalue weighted by Gasteiger charge is -2.18. The van der Waals surface area contributed by atoms with Crippen LogP contribution in [0.15, 0.2) is 52.2 Å². The van der Waals surface area contributed by atoms with E-state index in [1.807, 2.05) is 24.3 Å². The molecule has 0 amide bonds. The summed E-state index contributed by atoms with van der Waals surface area (Å²) in [6.45, 7) is 1.66. The summed E-state index contributed by atoms with van der Waals surface area (Å²) < 4.78 is 13.9. The van der Waals surface area contributed by atoms with Crippen LogP contribution in [0, 0.1) is 6.92 Å². The second kappa shape index (κ2) is 8.54. The molecule has 0 spiro atoms. The van der Waals surface area contributed by atoms with Gasteiger partial charge in [0.2, 0.25) is 5.75 Å². The second-order valence-electron chi connectivity index (χ2n) is 7.54. The molecule has 2 heterocycles. The molecule has 164 valence electrons. The summed E-state index contributed by atoms with van der Waals surface area (Å²) >= 11 is 0. The van der Waals surface area contributed by atoms with Crippen LogP contribution in [0.2, 0.25) is 0 Å². The lowest BCUT2D eigenvalue weighted by Crippen LogP contribution is -2.40. The predicted octanol–water partition coefficient (Wildman–Crippen LogP) is 2.03. The smallest absolute Gasteiger partial charge is 0.332 e. The Morgan fingerprint density at radius 2 is 1.90 bits per heavy atom. The summed E-state index contributed by atoms with van der Waals surface area (Å²) in [6, 6.07) is 10.8. The number of fused-ring (bicyclic) bond motifs is 1. The molecular formula is C22H24N2O7. The maximum absolute atomic E-state index is 12.5. The summed E-state index contributed by atoms with van der Waals surface area (Å²) in [4.78, 5) is 35.1. The third-order valence-corrected chi connectivity index (χ3v) is 5.48. The van der Waals surface area contributed by atoms with Crippen molar-refractivity contribution in [2.75, 3.05) is 13.7 Å². The molecule has 1 aliphatic rings. The van der Waals surface area contributed by atoms with Gasteiger partial charge in [-0.1, -0.05) is 24.3 Å². The summed E-state index contributed by atoms with van der Waals surface area (Å²) in [6.07, 6.45) is 0.439. The fourth-order valence-corrected chi connectivity index (χ4v) is 3.76. The molecule has 0 bridgehead atoms. The van der Waals surface area contributed by atoms with Gasteiger partial charge < -0.3 is 19.5 Å². The maximum Gasteiger partial charge on any atom is 0.332 e. The molecule has 9 heteroatoms. The van der Waals surface area contributed by atoms with E-state index in [9.17, 15) is 14.7 Å². The molecule has 3 aromatic rings. The summed E-state index contributed by atoms with van der Waals surface area (Å²) in [5.74, 6) is 0.145. The first-order chi connectivity index (χ1) is 14.9. The second-order valence-corrected chi connectivity index (χ2v) is 7.54. The molecular weight excluding hydrogens is 404 g/mol. The quantitative estimate of drug-likeness (QED) is 0.474. The fraction of sp³-hybridized carbons (Fsp3) is 0.364. The van der Waals surface area contributed by atoms with E-state index in [1.165, 1.54) is 17.8 Å². The van der Waals surface area contributed by atoms with Gasteiger partial charge in [0.15, 0.2) is 5.75 Å². The van der Waals surface area contributed by atoms with Gasteiger partial charge in [-0.2, -0.15) is 4.89 Å². The average molecular weight is 428 g/mol. The van der Waals surface area contributed by atoms with Gasteiger partial charge >= 0.3 is 5.69 Å². The number of phenols is 1. The number of ether oxygens (including phenoxy) is 2. The molecule has 1 saturated heterocycles. The van der Waals surface area contributed by atoms with E-state index in [4.69, 9.17) is 19.2 Å². The van der Waals surface area contributed by atoms with Crippen molar-refractivity contribution in [3.8, 4) is 11.5 Å².